The topological polar surface area (TPSA) is 67.9 Å². The highest BCUT2D eigenvalue weighted by Crippen LogP contribution is 2.31. The molecule has 0 bridgehead atoms. The Morgan fingerprint density at radius 1 is 1.12 bits per heavy atom. The number of hydrogen-bond donors (Lipinski definition) is 1. The van der Waals surface area contributed by atoms with E-state index in [0.717, 1.165) is 31.8 Å². The largest absolute Gasteiger partial charge is 0.493 e. The standard InChI is InChI=1S/C16H25FN2O4S/c1-22-14-11-13(17)16(12-15(14)23-2)24(20,21)18-7-6-10-19-8-4-3-5-9-19/h11-12,18H,3-10H2,1-2H3. The minimum absolute atomic E-state index is 0.152. The summed E-state index contributed by atoms with van der Waals surface area (Å²) in [4.78, 5) is 1.90. The number of nitrogens with zero attached hydrogens (tertiary/aromatic N) is 1. The summed E-state index contributed by atoms with van der Waals surface area (Å²) in [6.07, 6.45) is 4.35. The first-order valence-corrected chi connectivity index (χ1v) is 9.60. The Balaban J connectivity index is 1.96. The summed E-state index contributed by atoms with van der Waals surface area (Å²) in [7, 11) is -1.19. The van der Waals surface area contributed by atoms with E-state index in [1.165, 1.54) is 33.5 Å². The lowest BCUT2D eigenvalue weighted by Gasteiger charge is -2.26. The van der Waals surface area contributed by atoms with E-state index in [1.54, 1.807) is 0 Å². The van der Waals surface area contributed by atoms with Gasteiger partial charge in [0.1, 0.15) is 10.7 Å². The highest BCUT2D eigenvalue weighted by Gasteiger charge is 2.22. The predicted molar refractivity (Wildman–Crippen MR) is 89.6 cm³/mol. The molecular formula is C16H25FN2O4S. The fourth-order valence-corrected chi connectivity index (χ4v) is 3.96. The Kier molecular flexibility index (Phi) is 6.82. The van der Waals surface area contributed by atoms with Crippen LogP contribution in [0, 0.1) is 5.82 Å². The summed E-state index contributed by atoms with van der Waals surface area (Å²) in [5.74, 6) is -0.539. The number of rotatable bonds is 8. The molecule has 136 valence electrons. The first kappa shape index (κ1) is 19.0. The quantitative estimate of drug-likeness (QED) is 0.718. The number of halogens is 1. The Morgan fingerprint density at radius 2 is 1.75 bits per heavy atom. The van der Waals surface area contributed by atoms with Crippen LogP contribution in [0.5, 0.6) is 11.5 Å². The highest BCUT2D eigenvalue weighted by atomic mass is 32.2. The van der Waals surface area contributed by atoms with Gasteiger partial charge in [-0.1, -0.05) is 6.42 Å². The second-order valence-corrected chi connectivity index (χ2v) is 7.53. The minimum atomic E-state index is -3.93. The van der Waals surface area contributed by atoms with Crippen LogP contribution < -0.4 is 14.2 Å². The number of hydrogen-bond acceptors (Lipinski definition) is 5. The number of sulfonamides is 1. The maximum Gasteiger partial charge on any atom is 0.243 e. The molecule has 1 fully saturated rings. The van der Waals surface area contributed by atoms with E-state index in [0.29, 0.717) is 6.42 Å². The lowest BCUT2D eigenvalue weighted by Crippen LogP contribution is -2.33. The Bertz CT molecular complexity index is 646. The molecule has 8 heteroatoms. The Morgan fingerprint density at radius 3 is 2.38 bits per heavy atom. The van der Waals surface area contributed by atoms with Gasteiger partial charge in [0.05, 0.1) is 14.2 Å². The van der Waals surface area contributed by atoms with Gasteiger partial charge in [-0.25, -0.2) is 17.5 Å². The van der Waals surface area contributed by atoms with Crippen LogP contribution in [0.1, 0.15) is 25.7 Å². The van der Waals surface area contributed by atoms with Crippen molar-refractivity contribution >= 4 is 10.0 Å². The smallest absolute Gasteiger partial charge is 0.243 e. The summed E-state index contributed by atoms with van der Waals surface area (Å²) in [6.45, 7) is 3.25. The fourth-order valence-electron chi connectivity index (χ4n) is 2.81. The van der Waals surface area contributed by atoms with Crippen LogP contribution in [0.25, 0.3) is 0 Å². The van der Waals surface area contributed by atoms with Crippen molar-refractivity contribution in [2.24, 2.45) is 0 Å². The molecule has 0 aliphatic carbocycles. The van der Waals surface area contributed by atoms with Crippen LogP contribution in [0.2, 0.25) is 0 Å². The number of piperidine rings is 1. The van der Waals surface area contributed by atoms with Crippen LogP contribution in [0.4, 0.5) is 4.39 Å². The lowest BCUT2D eigenvalue weighted by molar-refractivity contribution is 0.227. The second kappa shape index (κ2) is 8.64. The molecule has 0 atom stereocenters. The van der Waals surface area contributed by atoms with Gasteiger partial charge >= 0.3 is 0 Å². The number of nitrogens with one attached hydrogen (secondary N) is 1. The van der Waals surface area contributed by atoms with E-state index in [9.17, 15) is 12.8 Å². The third-order valence-corrected chi connectivity index (χ3v) is 5.60. The number of likely N-dealkylation sites (tertiary alicyclic amines) is 1. The van der Waals surface area contributed by atoms with Crippen LogP contribution in [-0.4, -0.2) is 53.7 Å². The maximum atomic E-state index is 14.1. The third kappa shape index (κ3) is 4.81. The van der Waals surface area contributed by atoms with Crippen molar-refractivity contribution in [3.05, 3.63) is 17.9 Å². The van der Waals surface area contributed by atoms with Gasteiger partial charge in [-0.05, 0) is 38.9 Å². The Hall–Kier alpha value is -1.38. The average molecular weight is 360 g/mol. The van der Waals surface area contributed by atoms with E-state index in [4.69, 9.17) is 9.47 Å². The number of methoxy groups -OCH3 is 2. The van der Waals surface area contributed by atoms with Crippen LogP contribution in [0.3, 0.4) is 0 Å². The van der Waals surface area contributed by atoms with Gasteiger partial charge in [0.15, 0.2) is 11.5 Å². The molecule has 0 radical (unpaired) electrons. The average Bonchev–Trinajstić information content (AvgIpc) is 2.59. The van der Waals surface area contributed by atoms with Crippen molar-refractivity contribution in [1.82, 2.24) is 9.62 Å². The van der Waals surface area contributed by atoms with Crippen molar-refractivity contribution in [2.45, 2.75) is 30.6 Å². The van der Waals surface area contributed by atoms with E-state index in [1.807, 2.05) is 0 Å². The lowest BCUT2D eigenvalue weighted by atomic mass is 10.1. The van der Waals surface area contributed by atoms with Crippen LogP contribution in [-0.2, 0) is 10.0 Å². The molecule has 24 heavy (non-hydrogen) atoms. The van der Waals surface area contributed by atoms with Crippen molar-refractivity contribution in [3.63, 3.8) is 0 Å². The van der Waals surface area contributed by atoms with E-state index < -0.39 is 20.7 Å². The van der Waals surface area contributed by atoms with Crippen LogP contribution in [0.15, 0.2) is 17.0 Å². The van der Waals surface area contributed by atoms with Crippen LogP contribution >= 0.6 is 0 Å². The first-order chi connectivity index (χ1) is 11.5. The fraction of sp³-hybridized carbons (Fsp3) is 0.625. The van der Waals surface area contributed by atoms with Gasteiger partial charge in [0.2, 0.25) is 10.0 Å². The van der Waals surface area contributed by atoms with Crippen molar-refractivity contribution in [1.29, 1.82) is 0 Å². The monoisotopic (exact) mass is 360 g/mol. The van der Waals surface area contributed by atoms with E-state index in [2.05, 4.69) is 9.62 Å². The molecule has 1 aromatic rings. The molecule has 0 unspecified atom stereocenters. The normalized spacial score (nSPS) is 16.1. The Labute approximate surface area is 143 Å². The molecule has 0 aromatic heterocycles. The molecule has 1 saturated heterocycles. The molecular weight excluding hydrogens is 335 g/mol. The van der Waals surface area contributed by atoms with Gasteiger partial charge in [0.25, 0.3) is 0 Å². The zero-order chi connectivity index (χ0) is 17.6. The van der Waals surface area contributed by atoms with Gasteiger partial charge in [-0.3, -0.25) is 0 Å². The summed E-state index contributed by atoms with van der Waals surface area (Å²) < 4.78 is 51.2. The first-order valence-electron chi connectivity index (χ1n) is 8.11. The SMILES string of the molecule is COc1cc(F)c(S(=O)(=O)NCCCN2CCCCC2)cc1OC. The molecule has 1 aliphatic heterocycles. The van der Waals surface area contributed by atoms with Gasteiger partial charge in [-0.2, -0.15) is 0 Å². The zero-order valence-corrected chi connectivity index (χ0v) is 15.0. The maximum absolute atomic E-state index is 14.1. The van der Waals surface area contributed by atoms with E-state index in [-0.39, 0.29) is 18.0 Å². The molecule has 0 amide bonds. The molecule has 6 nitrogen and oxygen atoms in total. The van der Waals surface area contributed by atoms with E-state index >= 15 is 0 Å². The molecule has 0 spiro atoms. The molecule has 1 N–H and O–H groups in total. The molecule has 0 saturated carbocycles. The summed E-state index contributed by atoms with van der Waals surface area (Å²) in [5.41, 5.74) is 0. The summed E-state index contributed by atoms with van der Waals surface area (Å²) in [6, 6.07) is 2.16. The summed E-state index contributed by atoms with van der Waals surface area (Å²) in [5, 5.41) is 0. The van der Waals surface area contributed by atoms with Gasteiger partial charge in [-0.15, -0.1) is 0 Å². The molecule has 1 aliphatic rings. The van der Waals surface area contributed by atoms with Gasteiger partial charge < -0.3 is 14.4 Å². The molecule has 1 aromatic carbocycles. The predicted octanol–water partition coefficient (Wildman–Crippen LogP) is 2.00. The second-order valence-electron chi connectivity index (χ2n) is 5.79. The molecule has 1 heterocycles. The van der Waals surface area contributed by atoms with Crippen molar-refractivity contribution in [3.8, 4) is 11.5 Å². The van der Waals surface area contributed by atoms with Gasteiger partial charge in [0, 0.05) is 18.7 Å². The third-order valence-electron chi connectivity index (χ3n) is 4.12. The molecule has 2 rings (SSSR count). The number of ether oxygens (including phenoxy) is 2. The minimum Gasteiger partial charge on any atom is -0.493 e. The zero-order valence-electron chi connectivity index (χ0n) is 14.2. The highest BCUT2D eigenvalue weighted by molar-refractivity contribution is 7.89. The summed E-state index contributed by atoms with van der Waals surface area (Å²) >= 11 is 0. The van der Waals surface area contributed by atoms with Crippen molar-refractivity contribution in [2.75, 3.05) is 40.4 Å². The number of benzene rings is 1. The van der Waals surface area contributed by atoms with Crippen molar-refractivity contribution < 1.29 is 22.3 Å².